The van der Waals surface area contributed by atoms with Gasteiger partial charge in [0.2, 0.25) is 0 Å². The van der Waals surface area contributed by atoms with Gasteiger partial charge in [-0.3, -0.25) is 9.59 Å². The van der Waals surface area contributed by atoms with Crippen LogP contribution in [0.1, 0.15) is 412 Å². The maximum Gasteiger partial charge on any atom is 0.306 e. The molecule has 0 bridgehead atoms. The van der Waals surface area contributed by atoms with Crippen molar-refractivity contribution in [3.05, 3.63) is 72.9 Å². The molecular formula is C81H148O5. The molecule has 0 heterocycles. The Labute approximate surface area is 537 Å². The Balaban J connectivity index is 3.39. The number of aliphatic hydroxyl groups is 1. The lowest BCUT2D eigenvalue weighted by atomic mass is 10.0. The summed E-state index contributed by atoms with van der Waals surface area (Å²) in [6, 6.07) is 0. The molecule has 0 saturated carbocycles. The molecule has 0 aliphatic rings. The minimum absolute atomic E-state index is 0.0610. The first-order valence-electron chi connectivity index (χ1n) is 38.5. The van der Waals surface area contributed by atoms with Gasteiger partial charge in [0.25, 0.3) is 0 Å². The summed E-state index contributed by atoms with van der Waals surface area (Å²) >= 11 is 0. The average molecular weight is 1200 g/mol. The van der Waals surface area contributed by atoms with Gasteiger partial charge >= 0.3 is 11.9 Å². The number of aliphatic hydroxyl groups excluding tert-OH is 1. The number of esters is 2. The van der Waals surface area contributed by atoms with Gasteiger partial charge in [0.15, 0.2) is 6.10 Å². The molecule has 5 nitrogen and oxygen atoms in total. The summed E-state index contributed by atoms with van der Waals surface area (Å²) < 4.78 is 10.8. The molecule has 1 atom stereocenters. The van der Waals surface area contributed by atoms with E-state index in [9.17, 15) is 14.7 Å². The number of hydrogen-bond acceptors (Lipinski definition) is 5. The van der Waals surface area contributed by atoms with E-state index in [1.165, 1.54) is 315 Å². The number of carbonyl (C=O) groups excluding carboxylic acids is 2. The van der Waals surface area contributed by atoms with E-state index in [1.807, 2.05) is 0 Å². The first-order valence-corrected chi connectivity index (χ1v) is 38.5. The Bertz CT molecular complexity index is 1500. The highest BCUT2D eigenvalue weighted by molar-refractivity contribution is 5.70. The Morgan fingerprint density at radius 2 is 0.500 bits per heavy atom. The Morgan fingerprint density at radius 1 is 0.279 bits per heavy atom. The fraction of sp³-hybridized carbons (Fsp3) is 0.827. The third-order valence-electron chi connectivity index (χ3n) is 17.5. The van der Waals surface area contributed by atoms with Crippen molar-refractivity contribution in [3.63, 3.8) is 0 Å². The number of rotatable bonds is 72. The number of allylic oxidation sites excluding steroid dienone is 12. The van der Waals surface area contributed by atoms with Crippen molar-refractivity contribution in [2.45, 2.75) is 418 Å². The molecule has 0 saturated heterocycles. The molecule has 1 N–H and O–H groups in total. The van der Waals surface area contributed by atoms with Gasteiger partial charge in [0.05, 0.1) is 6.61 Å². The number of unbranched alkanes of at least 4 members (excludes halogenated alkanes) is 52. The molecule has 0 aliphatic carbocycles. The lowest BCUT2D eigenvalue weighted by molar-refractivity contribution is -0.161. The van der Waals surface area contributed by atoms with Crippen molar-refractivity contribution in [3.8, 4) is 0 Å². The van der Waals surface area contributed by atoms with Crippen LogP contribution in [0.2, 0.25) is 0 Å². The zero-order valence-corrected chi connectivity index (χ0v) is 57.8. The summed E-state index contributed by atoms with van der Waals surface area (Å²) in [5, 5.41) is 9.72. The fourth-order valence-electron chi connectivity index (χ4n) is 11.8. The topological polar surface area (TPSA) is 72.8 Å². The molecule has 0 aromatic heterocycles. The van der Waals surface area contributed by atoms with E-state index in [4.69, 9.17) is 9.47 Å². The van der Waals surface area contributed by atoms with Crippen molar-refractivity contribution in [2.75, 3.05) is 13.2 Å². The molecule has 0 fully saturated rings. The SMILES string of the molecule is CC/C=C\C/C=C\C/C=C\C/C=C\C/C=C\C/C=C\CCCCCCCCCCCCCCCCCCCCC(=O)OC(CO)COC(=O)CCCCCCCCCCCCCCCCCCCCCCCCCCCCCCCCCCCCC. The molecule has 0 aliphatic heterocycles. The van der Waals surface area contributed by atoms with E-state index in [-0.39, 0.29) is 25.2 Å². The maximum atomic E-state index is 12.4. The first kappa shape index (κ1) is 83.3. The van der Waals surface area contributed by atoms with Crippen molar-refractivity contribution in [1.29, 1.82) is 0 Å². The third-order valence-corrected chi connectivity index (χ3v) is 17.5. The van der Waals surface area contributed by atoms with Crippen LogP contribution in [0.4, 0.5) is 0 Å². The highest BCUT2D eigenvalue weighted by atomic mass is 16.6. The van der Waals surface area contributed by atoms with E-state index < -0.39 is 6.10 Å². The van der Waals surface area contributed by atoms with E-state index >= 15 is 0 Å². The maximum absolute atomic E-state index is 12.4. The number of hydrogen-bond donors (Lipinski definition) is 1. The van der Waals surface area contributed by atoms with Crippen LogP contribution >= 0.6 is 0 Å². The van der Waals surface area contributed by atoms with Crippen LogP contribution < -0.4 is 0 Å². The van der Waals surface area contributed by atoms with Gasteiger partial charge in [0.1, 0.15) is 6.61 Å². The molecule has 0 spiro atoms. The van der Waals surface area contributed by atoms with Crippen LogP contribution in [0.5, 0.6) is 0 Å². The highest BCUT2D eigenvalue weighted by Crippen LogP contribution is 2.20. The average Bonchev–Trinajstić information content (AvgIpc) is 3.53. The smallest absolute Gasteiger partial charge is 0.306 e. The standard InChI is InChI=1S/C81H148O5/c1-3-5-7-9-11-13-15-17-19-21-23-25-27-29-31-33-35-37-39-40-42-44-46-48-50-52-54-56-58-60-62-64-66-68-70-72-74-76-81(84)86-79(77-82)78-85-80(83)75-73-71-69-67-65-63-61-59-57-55-53-51-49-47-45-43-41-38-36-34-32-30-28-26-24-22-20-18-16-14-12-10-8-6-4-2/h5,7,11,13,17,19,23,25,29,31,35,37,79,82H,3-4,6,8-10,12,14-16,18,20-22,24,26-28,30,32-34,36,38-78H2,1-2H3/b7-5-,13-11-,19-17-,25-23-,31-29-,37-35-. The Kier molecular flexibility index (Phi) is 74.2. The molecule has 86 heavy (non-hydrogen) atoms. The molecule has 0 radical (unpaired) electrons. The minimum Gasteiger partial charge on any atom is -0.462 e. The van der Waals surface area contributed by atoms with Crippen LogP contribution in [-0.4, -0.2) is 36.4 Å². The van der Waals surface area contributed by atoms with Crippen LogP contribution in [0, 0.1) is 0 Å². The van der Waals surface area contributed by atoms with Crippen LogP contribution in [0.3, 0.4) is 0 Å². The summed E-state index contributed by atoms with van der Waals surface area (Å²) in [5.74, 6) is -0.568. The van der Waals surface area contributed by atoms with Crippen molar-refractivity contribution in [1.82, 2.24) is 0 Å². The van der Waals surface area contributed by atoms with E-state index in [0.717, 1.165) is 70.6 Å². The molecular weight excluding hydrogens is 1050 g/mol. The number of ether oxygens (including phenoxy) is 2. The molecule has 0 amide bonds. The third kappa shape index (κ3) is 73.8. The lowest BCUT2D eigenvalue weighted by Crippen LogP contribution is -2.28. The van der Waals surface area contributed by atoms with Gasteiger partial charge in [-0.05, 0) is 64.2 Å². The van der Waals surface area contributed by atoms with Crippen molar-refractivity contribution in [2.24, 2.45) is 0 Å². The molecule has 0 aromatic carbocycles. The summed E-state index contributed by atoms with van der Waals surface area (Å²) in [5.41, 5.74) is 0. The predicted molar refractivity (Wildman–Crippen MR) is 380 cm³/mol. The molecule has 502 valence electrons. The molecule has 1 unspecified atom stereocenters. The number of carbonyl (C=O) groups is 2. The second-order valence-electron chi connectivity index (χ2n) is 26.1. The summed E-state index contributed by atoms with van der Waals surface area (Å²) in [7, 11) is 0. The zero-order chi connectivity index (χ0) is 61.9. The second-order valence-corrected chi connectivity index (χ2v) is 26.1. The quantitative estimate of drug-likeness (QED) is 0.0373. The molecule has 5 heteroatoms. The summed E-state index contributed by atoms with van der Waals surface area (Å²) in [4.78, 5) is 24.7. The van der Waals surface area contributed by atoms with E-state index in [1.54, 1.807) is 0 Å². The van der Waals surface area contributed by atoms with Gasteiger partial charge in [-0.25, -0.2) is 0 Å². The largest absolute Gasteiger partial charge is 0.462 e. The summed E-state index contributed by atoms with van der Waals surface area (Å²) in [6.07, 6.45) is 107. The fourth-order valence-corrected chi connectivity index (χ4v) is 11.8. The summed E-state index contributed by atoms with van der Waals surface area (Å²) in [6.45, 7) is 4.09. The Hall–Kier alpha value is -2.66. The van der Waals surface area contributed by atoms with Crippen molar-refractivity contribution >= 4 is 11.9 Å². The normalized spacial score (nSPS) is 12.5. The van der Waals surface area contributed by atoms with Gasteiger partial charge in [0, 0.05) is 12.8 Å². The van der Waals surface area contributed by atoms with Gasteiger partial charge in [-0.1, -0.05) is 408 Å². The first-order chi connectivity index (χ1) is 42.6. The minimum atomic E-state index is -0.773. The van der Waals surface area contributed by atoms with Crippen molar-refractivity contribution < 1.29 is 24.2 Å². The van der Waals surface area contributed by atoms with Gasteiger partial charge in [-0.15, -0.1) is 0 Å². The zero-order valence-electron chi connectivity index (χ0n) is 57.8. The monoisotopic (exact) mass is 1200 g/mol. The second kappa shape index (κ2) is 76.6. The van der Waals surface area contributed by atoms with Crippen LogP contribution in [-0.2, 0) is 19.1 Å². The Morgan fingerprint density at radius 3 is 0.756 bits per heavy atom. The molecule has 0 aromatic rings. The highest BCUT2D eigenvalue weighted by Gasteiger charge is 2.16. The van der Waals surface area contributed by atoms with Crippen LogP contribution in [0.25, 0.3) is 0 Å². The van der Waals surface area contributed by atoms with E-state index in [2.05, 4.69) is 86.8 Å². The van der Waals surface area contributed by atoms with Gasteiger partial charge in [-0.2, -0.15) is 0 Å². The predicted octanol–water partition coefficient (Wildman–Crippen LogP) is 27.0. The molecule has 0 rings (SSSR count). The van der Waals surface area contributed by atoms with Gasteiger partial charge < -0.3 is 14.6 Å². The lowest BCUT2D eigenvalue weighted by Gasteiger charge is -2.15. The van der Waals surface area contributed by atoms with Crippen LogP contribution in [0.15, 0.2) is 72.9 Å². The van der Waals surface area contributed by atoms with E-state index in [0.29, 0.717) is 12.8 Å².